The van der Waals surface area contributed by atoms with Gasteiger partial charge in [-0.15, -0.1) is 22.7 Å². The van der Waals surface area contributed by atoms with E-state index in [1.807, 2.05) is 48.0 Å². The summed E-state index contributed by atoms with van der Waals surface area (Å²) in [6.45, 7) is 2.05. The lowest BCUT2D eigenvalue weighted by Gasteiger charge is -1.97. The number of aryl methyl sites for hydroxylation is 1. The van der Waals surface area contributed by atoms with Gasteiger partial charge in [-0.05, 0) is 42.1 Å². The molecule has 0 aliphatic rings. The number of hydrogen-bond donors (Lipinski definition) is 0. The van der Waals surface area contributed by atoms with E-state index < -0.39 is 0 Å². The average molecular weight is 387 g/mol. The van der Waals surface area contributed by atoms with Gasteiger partial charge >= 0.3 is 0 Å². The lowest BCUT2D eigenvalue weighted by Crippen LogP contribution is -1.82. The number of halogens is 1. The summed E-state index contributed by atoms with van der Waals surface area (Å²) in [5.41, 5.74) is 3.74. The van der Waals surface area contributed by atoms with Crippen molar-refractivity contribution < 1.29 is 0 Å². The van der Waals surface area contributed by atoms with Gasteiger partial charge in [-0.2, -0.15) is 5.26 Å². The van der Waals surface area contributed by atoms with Crippen molar-refractivity contribution in [1.82, 2.24) is 4.98 Å². The van der Waals surface area contributed by atoms with E-state index in [9.17, 15) is 5.26 Å². The molecular weight excluding hydrogens is 376 g/mol. The first-order valence-electron chi connectivity index (χ1n) is 6.55. The lowest BCUT2D eigenvalue weighted by atomic mass is 10.2. The Labute approximate surface area is 145 Å². The van der Waals surface area contributed by atoms with Crippen LogP contribution >= 0.6 is 38.6 Å². The summed E-state index contributed by atoms with van der Waals surface area (Å²) in [7, 11) is 0. The van der Waals surface area contributed by atoms with E-state index in [0.717, 1.165) is 25.6 Å². The summed E-state index contributed by atoms with van der Waals surface area (Å²) in [5.74, 6) is 0. The molecule has 3 aromatic rings. The fraction of sp³-hybridized carbons (Fsp3) is 0.0588. The third-order valence-corrected chi connectivity index (χ3v) is 5.54. The molecule has 108 valence electrons. The average Bonchev–Trinajstić information content (AvgIpc) is 3.15. The molecule has 0 atom stereocenters. The molecule has 0 bridgehead atoms. The third-order valence-electron chi connectivity index (χ3n) is 3.17. The Morgan fingerprint density at radius 3 is 2.64 bits per heavy atom. The van der Waals surface area contributed by atoms with Crippen molar-refractivity contribution in [2.24, 2.45) is 0 Å². The molecule has 0 saturated heterocycles. The Kier molecular flexibility index (Phi) is 4.53. The van der Waals surface area contributed by atoms with Crippen LogP contribution in [0.2, 0.25) is 0 Å². The highest BCUT2D eigenvalue weighted by Gasteiger charge is 2.10. The molecule has 2 heterocycles. The number of thiophene rings is 1. The quantitative estimate of drug-likeness (QED) is 0.517. The van der Waals surface area contributed by atoms with Crippen LogP contribution in [0.4, 0.5) is 0 Å². The van der Waals surface area contributed by atoms with Crippen molar-refractivity contribution in [1.29, 1.82) is 5.26 Å². The number of allylic oxidation sites excluding steroid dienone is 1. The summed E-state index contributed by atoms with van der Waals surface area (Å²) in [5, 5.41) is 14.2. The van der Waals surface area contributed by atoms with E-state index in [1.165, 1.54) is 16.9 Å². The van der Waals surface area contributed by atoms with Crippen LogP contribution < -0.4 is 0 Å². The number of aromatic nitrogens is 1. The third kappa shape index (κ3) is 3.20. The second kappa shape index (κ2) is 6.57. The zero-order chi connectivity index (χ0) is 15.5. The van der Waals surface area contributed by atoms with Gasteiger partial charge < -0.3 is 0 Å². The standard InChI is InChI=1S/C17H11BrN2S2/c1-11-6-7-21-16(11)8-13(9-19)17-20-15(10-22-17)12-2-4-14(18)5-3-12/h2-8,10H,1H3/b13-8-. The van der Waals surface area contributed by atoms with Gasteiger partial charge in [0.15, 0.2) is 0 Å². The molecule has 0 spiro atoms. The zero-order valence-corrected chi connectivity index (χ0v) is 14.9. The van der Waals surface area contributed by atoms with Crippen molar-refractivity contribution in [2.45, 2.75) is 6.92 Å². The molecule has 0 saturated carbocycles. The topological polar surface area (TPSA) is 36.7 Å². The van der Waals surface area contributed by atoms with Crippen LogP contribution in [0.25, 0.3) is 22.9 Å². The summed E-state index contributed by atoms with van der Waals surface area (Å²) in [4.78, 5) is 5.72. The van der Waals surface area contributed by atoms with Crippen LogP contribution in [0.15, 0.2) is 45.6 Å². The Bertz CT molecular complexity index is 867. The minimum absolute atomic E-state index is 0.610. The van der Waals surface area contributed by atoms with Crippen molar-refractivity contribution in [3.05, 3.63) is 61.0 Å². The molecule has 0 aliphatic carbocycles. The van der Waals surface area contributed by atoms with Gasteiger partial charge in [0, 0.05) is 20.3 Å². The van der Waals surface area contributed by atoms with Gasteiger partial charge in [-0.25, -0.2) is 4.98 Å². The molecular formula is C17H11BrN2S2. The lowest BCUT2D eigenvalue weighted by molar-refractivity contribution is 1.37. The first-order valence-corrected chi connectivity index (χ1v) is 9.10. The molecule has 0 unspecified atom stereocenters. The van der Waals surface area contributed by atoms with E-state index in [-0.39, 0.29) is 0 Å². The van der Waals surface area contributed by atoms with Crippen LogP contribution in [0, 0.1) is 18.3 Å². The predicted octanol–water partition coefficient (Wildman–Crippen LogP) is 6.01. The van der Waals surface area contributed by atoms with Crippen molar-refractivity contribution in [2.75, 3.05) is 0 Å². The van der Waals surface area contributed by atoms with Crippen LogP contribution in [0.3, 0.4) is 0 Å². The highest BCUT2D eigenvalue weighted by molar-refractivity contribution is 9.10. The van der Waals surface area contributed by atoms with Crippen LogP contribution in [-0.4, -0.2) is 4.98 Å². The second-order valence-corrected chi connectivity index (χ2v) is 7.40. The zero-order valence-electron chi connectivity index (χ0n) is 11.7. The van der Waals surface area contributed by atoms with Crippen molar-refractivity contribution in [3.63, 3.8) is 0 Å². The first-order chi connectivity index (χ1) is 10.7. The number of benzene rings is 1. The fourth-order valence-electron chi connectivity index (χ4n) is 1.96. The number of nitrogens with zero attached hydrogens (tertiary/aromatic N) is 2. The fourth-order valence-corrected chi connectivity index (χ4v) is 3.87. The number of hydrogen-bond acceptors (Lipinski definition) is 4. The second-order valence-electron chi connectivity index (χ2n) is 4.68. The SMILES string of the molecule is Cc1ccsc1/C=C(/C#N)c1nc(-c2ccc(Br)cc2)cs1. The van der Waals surface area contributed by atoms with Crippen LogP contribution in [0.5, 0.6) is 0 Å². The van der Waals surface area contributed by atoms with E-state index in [2.05, 4.69) is 33.0 Å². The molecule has 0 amide bonds. The summed E-state index contributed by atoms with van der Waals surface area (Å²) < 4.78 is 1.04. The molecule has 2 aromatic heterocycles. The summed E-state index contributed by atoms with van der Waals surface area (Å²) in [6, 6.07) is 12.3. The van der Waals surface area contributed by atoms with E-state index >= 15 is 0 Å². The molecule has 3 rings (SSSR count). The van der Waals surface area contributed by atoms with Crippen LogP contribution in [0.1, 0.15) is 15.4 Å². The minimum atomic E-state index is 0.610. The molecule has 0 radical (unpaired) electrons. The van der Waals surface area contributed by atoms with E-state index in [4.69, 9.17) is 0 Å². The maximum Gasteiger partial charge on any atom is 0.134 e. The molecule has 0 N–H and O–H groups in total. The molecule has 0 aliphatic heterocycles. The number of thiazole rings is 1. The van der Waals surface area contributed by atoms with Gasteiger partial charge in [0.2, 0.25) is 0 Å². The monoisotopic (exact) mass is 386 g/mol. The maximum absolute atomic E-state index is 9.43. The smallest absolute Gasteiger partial charge is 0.134 e. The maximum atomic E-state index is 9.43. The molecule has 22 heavy (non-hydrogen) atoms. The van der Waals surface area contributed by atoms with Gasteiger partial charge in [0.05, 0.1) is 11.3 Å². The highest BCUT2D eigenvalue weighted by Crippen LogP contribution is 2.29. The Hall–Kier alpha value is -1.74. The van der Waals surface area contributed by atoms with Crippen molar-refractivity contribution in [3.8, 4) is 17.3 Å². The van der Waals surface area contributed by atoms with Crippen LogP contribution in [-0.2, 0) is 0 Å². The van der Waals surface area contributed by atoms with E-state index in [0.29, 0.717) is 5.57 Å². The van der Waals surface area contributed by atoms with Gasteiger partial charge in [-0.3, -0.25) is 0 Å². The molecule has 2 nitrogen and oxygen atoms in total. The predicted molar refractivity (Wildman–Crippen MR) is 97.8 cm³/mol. The van der Waals surface area contributed by atoms with E-state index in [1.54, 1.807) is 11.3 Å². The van der Waals surface area contributed by atoms with Gasteiger partial charge in [-0.1, -0.05) is 28.1 Å². The molecule has 1 aromatic carbocycles. The van der Waals surface area contributed by atoms with Gasteiger partial charge in [0.1, 0.15) is 11.1 Å². The Balaban J connectivity index is 1.95. The molecule has 5 heteroatoms. The van der Waals surface area contributed by atoms with Crippen molar-refractivity contribution >= 4 is 50.3 Å². The summed E-state index contributed by atoms with van der Waals surface area (Å²) in [6.07, 6.45) is 1.92. The normalized spacial score (nSPS) is 11.4. The minimum Gasteiger partial charge on any atom is -0.235 e. The summed E-state index contributed by atoms with van der Waals surface area (Å²) >= 11 is 6.57. The molecule has 0 fully saturated rings. The highest BCUT2D eigenvalue weighted by atomic mass is 79.9. The van der Waals surface area contributed by atoms with Gasteiger partial charge in [0.25, 0.3) is 0 Å². The Morgan fingerprint density at radius 2 is 2.00 bits per heavy atom. The number of nitriles is 1. The first kappa shape index (κ1) is 15.2. The number of rotatable bonds is 3. The largest absolute Gasteiger partial charge is 0.235 e. The Morgan fingerprint density at radius 1 is 1.23 bits per heavy atom.